The van der Waals surface area contributed by atoms with E-state index in [1.54, 1.807) is 13.8 Å². The van der Waals surface area contributed by atoms with Crippen molar-refractivity contribution in [2.45, 2.75) is 46.1 Å². The van der Waals surface area contributed by atoms with Crippen molar-refractivity contribution in [2.24, 2.45) is 5.92 Å². The zero-order chi connectivity index (χ0) is 22.7. The van der Waals surface area contributed by atoms with E-state index in [0.29, 0.717) is 16.5 Å². The van der Waals surface area contributed by atoms with Crippen molar-refractivity contribution in [1.82, 2.24) is 0 Å². The third-order valence-electron chi connectivity index (χ3n) is 4.80. The van der Waals surface area contributed by atoms with Gasteiger partial charge in [-0.2, -0.15) is 0 Å². The van der Waals surface area contributed by atoms with Gasteiger partial charge in [0.1, 0.15) is 10.8 Å². The number of rotatable bonds is 7. The first-order valence-corrected chi connectivity index (χ1v) is 11.1. The predicted molar refractivity (Wildman–Crippen MR) is 118 cm³/mol. The molecular formula is C21H23ClN2O6S. The first kappa shape index (κ1) is 23.0. The maximum Gasteiger partial charge on any atom is 0.341 e. The minimum Gasteiger partial charge on any atom is -0.482 e. The molecule has 166 valence electrons. The van der Waals surface area contributed by atoms with E-state index in [9.17, 15) is 19.7 Å². The number of carbonyl (C=O) groups excluding carboxylic acids is 2. The van der Waals surface area contributed by atoms with Gasteiger partial charge in [-0.05, 0) is 50.7 Å². The monoisotopic (exact) mass is 466 g/mol. The normalized spacial score (nSPS) is 15.3. The zero-order valence-corrected chi connectivity index (χ0v) is 19.0. The highest BCUT2D eigenvalue weighted by Gasteiger charge is 2.29. The van der Waals surface area contributed by atoms with Crippen molar-refractivity contribution in [2.75, 3.05) is 11.9 Å². The molecule has 1 aromatic heterocycles. The van der Waals surface area contributed by atoms with Crippen LogP contribution in [0.4, 0.5) is 10.7 Å². The number of esters is 1. The Hall–Kier alpha value is -2.65. The number of nitrogens with zero attached hydrogens (tertiary/aromatic N) is 1. The largest absolute Gasteiger partial charge is 0.482 e. The summed E-state index contributed by atoms with van der Waals surface area (Å²) < 4.78 is 10.8. The van der Waals surface area contributed by atoms with Crippen LogP contribution in [0.15, 0.2) is 18.2 Å². The molecule has 1 N–H and O–H groups in total. The summed E-state index contributed by atoms with van der Waals surface area (Å²) in [5, 5.41) is 14.0. The number of nitrogens with one attached hydrogen (secondary N) is 1. The molecule has 0 spiro atoms. The van der Waals surface area contributed by atoms with Gasteiger partial charge in [-0.25, -0.2) is 4.79 Å². The molecule has 31 heavy (non-hydrogen) atoms. The summed E-state index contributed by atoms with van der Waals surface area (Å²) in [5.41, 5.74) is 1.19. The lowest BCUT2D eigenvalue weighted by Gasteiger charge is -2.18. The molecule has 0 saturated heterocycles. The molecule has 10 heteroatoms. The van der Waals surface area contributed by atoms with E-state index >= 15 is 0 Å². The molecule has 3 rings (SSSR count). The fraction of sp³-hybridized carbons (Fsp3) is 0.429. The van der Waals surface area contributed by atoms with Crippen molar-refractivity contribution in [3.63, 3.8) is 0 Å². The molecule has 0 fully saturated rings. The van der Waals surface area contributed by atoms with Crippen LogP contribution in [0, 0.1) is 16.0 Å². The number of non-ortho nitro benzene ring substituents is 1. The highest BCUT2D eigenvalue weighted by Crippen LogP contribution is 2.40. The zero-order valence-electron chi connectivity index (χ0n) is 17.4. The minimum absolute atomic E-state index is 0.0313. The fourth-order valence-corrected chi connectivity index (χ4v) is 5.00. The second-order valence-corrected chi connectivity index (χ2v) is 9.23. The van der Waals surface area contributed by atoms with Crippen LogP contribution in [0.3, 0.4) is 0 Å². The molecule has 1 amide bonds. The lowest BCUT2D eigenvalue weighted by atomic mass is 9.88. The maximum atomic E-state index is 12.7. The van der Waals surface area contributed by atoms with Crippen molar-refractivity contribution in [1.29, 1.82) is 0 Å². The lowest BCUT2D eigenvalue weighted by Crippen LogP contribution is -2.22. The first-order valence-electron chi connectivity index (χ1n) is 9.87. The molecule has 2 aromatic rings. The molecule has 1 aliphatic rings. The maximum absolute atomic E-state index is 12.7. The van der Waals surface area contributed by atoms with Crippen LogP contribution in [0.1, 0.15) is 48.0 Å². The Balaban J connectivity index is 1.75. The van der Waals surface area contributed by atoms with Crippen molar-refractivity contribution in [3.05, 3.63) is 49.3 Å². The molecule has 0 radical (unpaired) electrons. The summed E-state index contributed by atoms with van der Waals surface area (Å²) in [4.78, 5) is 36.5. The van der Waals surface area contributed by atoms with Crippen molar-refractivity contribution < 1.29 is 24.0 Å². The molecule has 1 unspecified atom stereocenters. The van der Waals surface area contributed by atoms with Gasteiger partial charge in [0.2, 0.25) is 0 Å². The lowest BCUT2D eigenvalue weighted by molar-refractivity contribution is -0.384. The molecule has 1 aliphatic carbocycles. The molecular weight excluding hydrogens is 444 g/mol. The molecule has 0 bridgehead atoms. The summed E-state index contributed by atoms with van der Waals surface area (Å²) in [5.74, 6) is -0.256. The number of nitro benzene ring substituents is 1. The predicted octanol–water partition coefficient (Wildman–Crippen LogP) is 5.02. The number of amides is 1. The van der Waals surface area contributed by atoms with E-state index in [1.807, 2.05) is 0 Å². The fourth-order valence-electron chi connectivity index (χ4n) is 3.35. The van der Waals surface area contributed by atoms with Crippen LogP contribution < -0.4 is 10.1 Å². The van der Waals surface area contributed by atoms with Crippen LogP contribution in [0.2, 0.25) is 5.02 Å². The van der Waals surface area contributed by atoms with E-state index in [0.717, 1.165) is 35.8 Å². The standard InChI is InChI=1S/C21H23ClN2O6S/c1-11(2)30-21(26)19-14-6-4-12(3)8-17(14)31-20(19)23-18(25)10-29-16-7-5-13(24(27)28)9-15(16)22/h5,7,9,11-12H,4,6,8,10H2,1-3H3,(H,23,25). The van der Waals surface area contributed by atoms with Gasteiger partial charge in [0.05, 0.1) is 21.6 Å². The van der Waals surface area contributed by atoms with E-state index in [-0.39, 0.29) is 29.2 Å². The molecule has 1 heterocycles. The number of thiophene rings is 1. The van der Waals surface area contributed by atoms with E-state index in [2.05, 4.69) is 12.2 Å². The second kappa shape index (κ2) is 9.65. The highest BCUT2D eigenvalue weighted by atomic mass is 35.5. The van der Waals surface area contributed by atoms with Crippen LogP contribution in [0.25, 0.3) is 0 Å². The number of halogens is 1. The third-order valence-corrected chi connectivity index (χ3v) is 6.26. The number of hydrogen-bond donors (Lipinski definition) is 1. The number of nitro groups is 1. The Morgan fingerprint density at radius 3 is 2.77 bits per heavy atom. The van der Waals surface area contributed by atoms with Gasteiger partial charge in [-0.1, -0.05) is 18.5 Å². The van der Waals surface area contributed by atoms with Crippen LogP contribution in [-0.4, -0.2) is 29.5 Å². The smallest absolute Gasteiger partial charge is 0.341 e. The molecule has 8 nitrogen and oxygen atoms in total. The van der Waals surface area contributed by atoms with E-state index in [4.69, 9.17) is 21.1 Å². The summed E-state index contributed by atoms with van der Waals surface area (Å²) >= 11 is 7.38. The second-order valence-electron chi connectivity index (χ2n) is 7.72. The Labute approximate surface area is 188 Å². The van der Waals surface area contributed by atoms with E-state index < -0.39 is 16.8 Å². The van der Waals surface area contributed by atoms with Crippen LogP contribution >= 0.6 is 22.9 Å². The molecule has 1 aromatic carbocycles. The van der Waals surface area contributed by atoms with Gasteiger partial charge in [-0.3, -0.25) is 14.9 Å². The third kappa shape index (κ3) is 5.54. The molecule has 0 aliphatic heterocycles. The summed E-state index contributed by atoms with van der Waals surface area (Å²) in [6.45, 7) is 5.35. The number of benzene rings is 1. The minimum atomic E-state index is -0.570. The van der Waals surface area contributed by atoms with Crippen LogP contribution in [-0.2, 0) is 22.4 Å². The topological polar surface area (TPSA) is 108 Å². The number of anilines is 1. The number of fused-ring (bicyclic) bond motifs is 1. The highest BCUT2D eigenvalue weighted by molar-refractivity contribution is 7.17. The molecule has 1 atom stereocenters. The molecule has 0 saturated carbocycles. The van der Waals surface area contributed by atoms with Crippen LogP contribution in [0.5, 0.6) is 5.75 Å². The average molecular weight is 467 g/mol. The van der Waals surface area contributed by atoms with Gasteiger partial charge >= 0.3 is 5.97 Å². The van der Waals surface area contributed by atoms with Crippen molar-refractivity contribution >= 4 is 45.5 Å². The number of ether oxygens (including phenoxy) is 2. The first-order chi connectivity index (χ1) is 14.7. The average Bonchev–Trinajstić information content (AvgIpc) is 3.03. The van der Waals surface area contributed by atoms with Crippen molar-refractivity contribution in [3.8, 4) is 5.75 Å². The van der Waals surface area contributed by atoms with Gasteiger partial charge in [0.25, 0.3) is 11.6 Å². The van der Waals surface area contributed by atoms with Gasteiger partial charge in [-0.15, -0.1) is 11.3 Å². The number of carbonyl (C=O) groups is 2. The Kier molecular flexibility index (Phi) is 7.17. The SMILES string of the molecule is CC1CCc2c(sc(NC(=O)COc3ccc([N+](=O)[O-])cc3Cl)c2C(=O)OC(C)C)C1. The summed E-state index contributed by atoms with van der Waals surface area (Å²) in [6.07, 6.45) is 2.31. The Bertz CT molecular complexity index is 1020. The summed E-state index contributed by atoms with van der Waals surface area (Å²) in [6, 6.07) is 3.74. The van der Waals surface area contributed by atoms with Gasteiger partial charge < -0.3 is 14.8 Å². The van der Waals surface area contributed by atoms with E-state index in [1.165, 1.54) is 23.5 Å². The Morgan fingerprint density at radius 2 is 2.13 bits per heavy atom. The van der Waals surface area contributed by atoms with Gasteiger partial charge in [0.15, 0.2) is 6.61 Å². The summed E-state index contributed by atoms with van der Waals surface area (Å²) in [7, 11) is 0. The number of hydrogen-bond acceptors (Lipinski definition) is 7. The van der Waals surface area contributed by atoms with Gasteiger partial charge in [0, 0.05) is 17.0 Å². The Morgan fingerprint density at radius 1 is 1.39 bits per heavy atom. The quantitative estimate of drug-likeness (QED) is 0.349.